The maximum Gasteiger partial charge on any atom is 0.316 e. The van der Waals surface area contributed by atoms with Crippen LogP contribution >= 0.6 is 0 Å². The van der Waals surface area contributed by atoms with E-state index in [2.05, 4.69) is 10.6 Å². The summed E-state index contributed by atoms with van der Waals surface area (Å²) in [5.41, 5.74) is -1.57. The van der Waals surface area contributed by atoms with E-state index in [0.29, 0.717) is 24.3 Å². The van der Waals surface area contributed by atoms with E-state index in [-0.39, 0.29) is 36.5 Å². The van der Waals surface area contributed by atoms with Crippen LogP contribution in [0.1, 0.15) is 80.4 Å². The fourth-order valence-corrected chi connectivity index (χ4v) is 3.61. The normalized spacial score (nSPS) is 13.7. The molecular weight excluding hydrogens is 536 g/mol. The number of ketones is 1. The molecule has 0 saturated heterocycles. The standard InChI is InChI=1S/C33H48N2O7/c1-10-26(28(37)20-40-23-14-12-11-13-15-23)34-21-33(8,9)35-19-27(36)22-16-24(41-29(38)31(2,3)4)18-25(17-22)42-30(39)32(5,6)7/h11-18,26-27,34-36H,10,19-21H2,1-9H3. The lowest BCUT2D eigenvalue weighted by molar-refractivity contribution is -0.143. The number of rotatable bonds is 14. The van der Waals surface area contributed by atoms with Gasteiger partial charge in [-0.3, -0.25) is 14.4 Å². The third-order valence-corrected chi connectivity index (χ3v) is 6.42. The van der Waals surface area contributed by atoms with Gasteiger partial charge in [-0.2, -0.15) is 0 Å². The van der Waals surface area contributed by atoms with Crippen LogP contribution in [0.2, 0.25) is 0 Å². The first kappa shape index (κ1) is 34.9. The van der Waals surface area contributed by atoms with Gasteiger partial charge in [-0.1, -0.05) is 25.1 Å². The Morgan fingerprint density at radius 1 is 0.810 bits per heavy atom. The van der Waals surface area contributed by atoms with E-state index in [1.807, 2.05) is 51.1 Å². The van der Waals surface area contributed by atoms with Crippen molar-refractivity contribution in [3.63, 3.8) is 0 Å². The molecule has 0 bridgehead atoms. The molecule has 3 N–H and O–H groups in total. The van der Waals surface area contributed by atoms with E-state index in [4.69, 9.17) is 14.2 Å². The number of β-amino-alcohol motifs (C(OH)–C–C–N with tert-alkyl or cyclic N) is 1. The molecule has 0 amide bonds. The molecule has 9 nitrogen and oxygen atoms in total. The van der Waals surface area contributed by atoms with Crippen molar-refractivity contribution < 1.29 is 33.7 Å². The van der Waals surface area contributed by atoms with E-state index in [1.165, 1.54) is 6.07 Å². The highest BCUT2D eigenvalue weighted by Gasteiger charge is 2.28. The first-order valence-corrected chi connectivity index (χ1v) is 14.4. The van der Waals surface area contributed by atoms with Crippen molar-refractivity contribution >= 4 is 17.7 Å². The molecule has 2 aromatic carbocycles. The second-order valence-corrected chi connectivity index (χ2v) is 13.2. The SMILES string of the molecule is CCC(NCC(C)(C)NCC(O)c1cc(OC(=O)C(C)(C)C)cc(OC(=O)C(C)(C)C)c1)C(=O)COc1ccccc1. The molecule has 9 heteroatoms. The van der Waals surface area contributed by atoms with E-state index < -0.39 is 34.4 Å². The number of carbonyl (C=O) groups is 3. The monoisotopic (exact) mass is 584 g/mol. The van der Waals surface area contributed by atoms with Gasteiger partial charge in [0.15, 0.2) is 5.78 Å². The van der Waals surface area contributed by atoms with Crippen LogP contribution in [0.25, 0.3) is 0 Å². The zero-order valence-corrected chi connectivity index (χ0v) is 26.5. The minimum absolute atomic E-state index is 0.0274. The predicted octanol–water partition coefficient (Wildman–Crippen LogP) is 5.01. The van der Waals surface area contributed by atoms with E-state index in [1.54, 1.807) is 53.7 Å². The molecule has 0 heterocycles. The zero-order chi connectivity index (χ0) is 31.7. The molecule has 0 aliphatic carbocycles. The molecule has 0 aliphatic heterocycles. The van der Waals surface area contributed by atoms with Gasteiger partial charge in [0.1, 0.15) is 23.9 Å². The van der Waals surface area contributed by atoms with Gasteiger partial charge < -0.3 is 30.0 Å². The van der Waals surface area contributed by atoms with Crippen molar-refractivity contribution in [2.45, 2.75) is 86.4 Å². The average molecular weight is 585 g/mol. The summed E-state index contributed by atoms with van der Waals surface area (Å²) in [5.74, 6) is 0.0298. The van der Waals surface area contributed by atoms with Crippen LogP contribution in [0.15, 0.2) is 48.5 Å². The predicted molar refractivity (Wildman–Crippen MR) is 163 cm³/mol. The van der Waals surface area contributed by atoms with Crippen LogP contribution in [-0.4, -0.2) is 54.1 Å². The summed E-state index contributed by atoms with van der Waals surface area (Å²) in [6, 6.07) is 13.4. The van der Waals surface area contributed by atoms with Crippen molar-refractivity contribution in [1.29, 1.82) is 0 Å². The summed E-state index contributed by atoms with van der Waals surface area (Å²) in [5, 5.41) is 17.7. The first-order chi connectivity index (χ1) is 19.4. The van der Waals surface area contributed by atoms with Crippen LogP contribution in [0.5, 0.6) is 17.2 Å². The molecule has 232 valence electrons. The van der Waals surface area contributed by atoms with Crippen LogP contribution < -0.4 is 24.8 Å². The number of aliphatic hydroxyl groups excluding tert-OH is 1. The first-order valence-electron chi connectivity index (χ1n) is 14.4. The number of ether oxygens (including phenoxy) is 3. The minimum atomic E-state index is -1.01. The summed E-state index contributed by atoms with van der Waals surface area (Å²) < 4.78 is 16.7. The minimum Gasteiger partial charge on any atom is -0.486 e. The fraction of sp³-hybridized carbons (Fsp3) is 0.545. The van der Waals surface area contributed by atoms with E-state index >= 15 is 0 Å². The second kappa shape index (κ2) is 14.8. The Bertz CT molecular complexity index is 1150. The summed E-state index contributed by atoms with van der Waals surface area (Å²) >= 11 is 0. The fourth-order valence-electron chi connectivity index (χ4n) is 3.61. The summed E-state index contributed by atoms with van der Waals surface area (Å²) in [4.78, 5) is 37.8. The summed E-state index contributed by atoms with van der Waals surface area (Å²) in [6.45, 7) is 16.9. The number of hydrogen-bond acceptors (Lipinski definition) is 9. The number of nitrogens with one attached hydrogen (secondary N) is 2. The number of aliphatic hydroxyl groups is 1. The van der Waals surface area contributed by atoms with Crippen LogP contribution in [0.4, 0.5) is 0 Å². The lowest BCUT2D eigenvalue weighted by atomic mass is 9.97. The quantitative estimate of drug-likeness (QED) is 0.208. The highest BCUT2D eigenvalue weighted by molar-refractivity contribution is 5.85. The molecule has 0 aliphatic rings. The molecule has 2 atom stereocenters. The molecule has 0 saturated carbocycles. The molecular formula is C33H48N2O7. The Balaban J connectivity index is 2.07. The molecule has 0 aromatic heterocycles. The van der Waals surface area contributed by atoms with Crippen molar-refractivity contribution in [2.24, 2.45) is 10.8 Å². The van der Waals surface area contributed by atoms with Crippen molar-refractivity contribution in [3.05, 3.63) is 54.1 Å². The molecule has 0 fully saturated rings. The maximum absolute atomic E-state index is 12.7. The van der Waals surface area contributed by atoms with Gasteiger partial charge >= 0.3 is 11.9 Å². The molecule has 2 unspecified atom stereocenters. The van der Waals surface area contributed by atoms with Crippen molar-refractivity contribution in [3.8, 4) is 17.2 Å². The zero-order valence-electron chi connectivity index (χ0n) is 26.5. The van der Waals surface area contributed by atoms with Gasteiger partial charge in [0, 0.05) is 24.7 Å². The van der Waals surface area contributed by atoms with Crippen LogP contribution in [0.3, 0.4) is 0 Å². The van der Waals surface area contributed by atoms with Crippen molar-refractivity contribution in [2.75, 3.05) is 19.7 Å². The third kappa shape index (κ3) is 11.5. The second-order valence-electron chi connectivity index (χ2n) is 13.2. The molecule has 0 spiro atoms. The third-order valence-electron chi connectivity index (χ3n) is 6.42. The topological polar surface area (TPSA) is 123 Å². The summed E-state index contributed by atoms with van der Waals surface area (Å²) in [6.07, 6.45) is -0.404. The number of hydrogen-bond donors (Lipinski definition) is 3. The lowest BCUT2D eigenvalue weighted by Gasteiger charge is -2.30. The smallest absolute Gasteiger partial charge is 0.316 e. The average Bonchev–Trinajstić information content (AvgIpc) is 2.90. The molecule has 2 aromatic rings. The van der Waals surface area contributed by atoms with Crippen molar-refractivity contribution in [1.82, 2.24) is 10.6 Å². The Morgan fingerprint density at radius 2 is 1.33 bits per heavy atom. The summed E-state index contributed by atoms with van der Waals surface area (Å²) in [7, 11) is 0. The Morgan fingerprint density at radius 3 is 1.81 bits per heavy atom. The molecule has 0 radical (unpaired) electrons. The van der Waals surface area contributed by atoms with E-state index in [0.717, 1.165) is 0 Å². The van der Waals surface area contributed by atoms with Crippen LogP contribution in [-0.2, 0) is 14.4 Å². The molecule has 42 heavy (non-hydrogen) atoms. The van der Waals surface area contributed by atoms with E-state index in [9.17, 15) is 19.5 Å². The Labute approximate surface area is 250 Å². The van der Waals surface area contributed by atoms with Gasteiger partial charge in [-0.15, -0.1) is 0 Å². The number of esters is 2. The molecule has 2 rings (SSSR count). The number of Topliss-reactive ketones (excluding diaryl/α,β-unsaturated/α-hetero) is 1. The van der Waals surface area contributed by atoms with Gasteiger partial charge in [0.05, 0.1) is 23.0 Å². The largest absolute Gasteiger partial charge is 0.486 e. The Hall–Kier alpha value is -3.27. The van der Waals surface area contributed by atoms with Gasteiger partial charge in [-0.25, -0.2) is 0 Å². The van der Waals surface area contributed by atoms with Gasteiger partial charge in [0.2, 0.25) is 0 Å². The highest BCUT2D eigenvalue weighted by atomic mass is 16.5. The lowest BCUT2D eigenvalue weighted by Crippen LogP contribution is -2.52. The van der Waals surface area contributed by atoms with Gasteiger partial charge in [0.25, 0.3) is 0 Å². The maximum atomic E-state index is 12.7. The Kier molecular flexibility index (Phi) is 12.3. The van der Waals surface area contributed by atoms with Gasteiger partial charge in [-0.05, 0) is 91.6 Å². The number of para-hydroxylation sites is 1. The number of benzene rings is 2. The van der Waals surface area contributed by atoms with Crippen LogP contribution in [0, 0.1) is 10.8 Å². The number of carbonyl (C=O) groups excluding carboxylic acids is 3. The highest BCUT2D eigenvalue weighted by Crippen LogP contribution is 2.30.